The molecule has 0 spiro atoms. The van der Waals surface area contributed by atoms with E-state index in [1.165, 1.54) is 11.1 Å². The van der Waals surface area contributed by atoms with Crippen molar-refractivity contribution in [3.05, 3.63) is 35.4 Å². The molecule has 1 aliphatic rings. The van der Waals surface area contributed by atoms with Crippen molar-refractivity contribution >= 4 is 5.91 Å². The van der Waals surface area contributed by atoms with Crippen LogP contribution in [0.3, 0.4) is 0 Å². The molecule has 0 heterocycles. The highest BCUT2D eigenvalue weighted by Crippen LogP contribution is 2.30. The Balaban J connectivity index is 2.15. The molecule has 0 saturated heterocycles. The van der Waals surface area contributed by atoms with E-state index in [1.54, 1.807) is 0 Å². The first-order valence-corrected chi connectivity index (χ1v) is 7.28. The van der Waals surface area contributed by atoms with E-state index in [4.69, 9.17) is 5.73 Å². The lowest BCUT2D eigenvalue weighted by atomic mass is 9.86. The van der Waals surface area contributed by atoms with Crippen LogP contribution in [0.1, 0.15) is 56.7 Å². The van der Waals surface area contributed by atoms with Crippen LogP contribution >= 0.6 is 0 Å². The number of amides is 1. The van der Waals surface area contributed by atoms with E-state index in [2.05, 4.69) is 23.5 Å². The highest BCUT2D eigenvalue weighted by molar-refractivity contribution is 5.86. The summed E-state index contributed by atoms with van der Waals surface area (Å²) >= 11 is 0. The van der Waals surface area contributed by atoms with Gasteiger partial charge in [-0.15, -0.1) is 0 Å². The fourth-order valence-electron chi connectivity index (χ4n) is 2.78. The van der Waals surface area contributed by atoms with E-state index < -0.39 is 5.54 Å². The van der Waals surface area contributed by atoms with Gasteiger partial charge in [0, 0.05) is 0 Å². The van der Waals surface area contributed by atoms with Crippen LogP contribution in [0.4, 0.5) is 0 Å². The van der Waals surface area contributed by atoms with Crippen LogP contribution in [0.5, 0.6) is 0 Å². The molecule has 19 heavy (non-hydrogen) atoms. The van der Waals surface area contributed by atoms with E-state index in [-0.39, 0.29) is 11.9 Å². The largest absolute Gasteiger partial charge is 0.348 e. The van der Waals surface area contributed by atoms with Gasteiger partial charge in [0.15, 0.2) is 0 Å². The quantitative estimate of drug-likeness (QED) is 0.874. The molecule has 104 valence electrons. The second-order valence-electron chi connectivity index (χ2n) is 5.48. The highest BCUT2D eigenvalue weighted by Gasteiger charge is 2.32. The van der Waals surface area contributed by atoms with Crippen molar-refractivity contribution in [3.63, 3.8) is 0 Å². The van der Waals surface area contributed by atoms with E-state index in [1.807, 2.05) is 19.9 Å². The van der Waals surface area contributed by atoms with Crippen molar-refractivity contribution < 1.29 is 4.79 Å². The molecule has 1 atom stereocenters. The number of carbonyl (C=O) groups excluding carboxylic acids is 1. The summed E-state index contributed by atoms with van der Waals surface area (Å²) in [5, 5.41) is 3.15. The molecule has 0 radical (unpaired) electrons. The molecule has 3 N–H and O–H groups in total. The van der Waals surface area contributed by atoms with Crippen LogP contribution in [0, 0.1) is 0 Å². The first kappa shape index (κ1) is 14.1. The molecule has 1 aliphatic carbocycles. The van der Waals surface area contributed by atoms with Gasteiger partial charge in [0.1, 0.15) is 0 Å². The standard InChI is InChI=1S/C16H24N2O/c1-3-16(17,4-2)15(19)18-14-11-7-9-12-8-5-6-10-13(12)14/h5-6,8,10,14H,3-4,7,9,11,17H2,1-2H3,(H,18,19). The Kier molecular flexibility index (Phi) is 4.25. The molecular formula is C16H24N2O. The lowest BCUT2D eigenvalue weighted by Gasteiger charge is -2.31. The minimum Gasteiger partial charge on any atom is -0.348 e. The molecule has 1 aromatic carbocycles. The van der Waals surface area contributed by atoms with Gasteiger partial charge in [-0.2, -0.15) is 0 Å². The molecule has 1 amide bonds. The van der Waals surface area contributed by atoms with Gasteiger partial charge in [0.25, 0.3) is 0 Å². The summed E-state index contributed by atoms with van der Waals surface area (Å²) in [6.07, 6.45) is 4.58. The smallest absolute Gasteiger partial charge is 0.240 e. The van der Waals surface area contributed by atoms with Gasteiger partial charge < -0.3 is 11.1 Å². The molecule has 3 heteroatoms. The Morgan fingerprint density at radius 2 is 2.05 bits per heavy atom. The summed E-state index contributed by atoms with van der Waals surface area (Å²) in [7, 11) is 0. The zero-order chi connectivity index (χ0) is 13.9. The van der Waals surface area contributed by atoms with Crippen LogP contribution in [0.25, 0.3) is 0 Å². The Hall–Kier alpha value is -1.35. The Labute approximate surface area is 115 Å². The maximum atomic E-state index is 12.4. The van der Waals surface area contributed by atoms with Gasteiger partial charge in [-0.3, -0.25) is 4.79 Å². The molecule has 3 nitrogen and oxygen atoms in total. The van der Waals surface area contributed by atoms with Gasteiger partial charge in [-0.05, 0) is 43.2 Å². The molecule has 1 unspecified atom stereocenters. The fourth-order valence-corrected chi connectivity index (χ4v) is 2.78. The summed E-state index contributed by atoms with van der Waals surface area (Å²) < 4.78 is 0. The van der Waals surface area contributed by atoms with Gasteiger partial charge in [0.05, 0.1) is 11.6 Å². The van der Waals surface area contributed by atoms with E-state index >= 15 is 0 Å². The van der Waals surface area contributed by atoms with Crippen molar-refractivity contribution in [1.82, 2.24) is 5.32 Å². The lowest BCUT2D eigenvalue weighted by molar-refractivity contribution is -0.127. The topological polar surface area (TPSA) is 55.1 Å². The Bertz CT molecular complexity index is 452. The number of nitrogens with two attached hydrogens (primary N) is 1. The molecule has 0 saturated carbocycles. The minimum absolute atomic E-state index is 0.0146. The number of aryl methyl sites for hydroxylation is 1. The maximum absolute atomic E-state index is 12.4. The predicted octanol–water partition coefficient (Wildman–Crippen LogP) is 2.70. The summed E-state index contributed by atoms with van der Waals surface area (Å²) in [5.74, 6) is -0.0146. The summed E-state index contributed by atoms with van der Waals surface area (Å²) in [6, 6.07) is 8.50. The van der Waals surface area contributed by atoms with Crippen molar-refractivity contribution in [3.8, 4) is 0 Å². The normalized spacial score (nSPS) is 18.8. The first-order valence-electron chi connectivity index (χ1n) is 7.28. The van der Waals surface area contributed by atoms with Crippen LogP contribution in [-0.4, -0.2) is 11.4 Å². The molecule has 0 aromatic heterocycles. The van der Waals surface area contributed by atoms with Gasteiger partial charge in [-0.25, -0.2) is 0 Å². The summed E-state index contributed by atoms with van der Waals surface area (Å²) in [4.78, 5) is 12.4. The molecule has 1 aromatic rings. The summed E-state index contributed by atoms with van der Waals surface area (Å²) in [5.41, 5.74) is 8.05. The van der Waals surface area contributed by atoms with Crippen LogP contribution in [-0.2, 0) is 11.2 Å². The second-order valence-corrected chi connectivity index (χ2v) is 5.48. The fraction of sp³-hybridized carbons (Fsp3) is 0.562. The Morgan fingerprint density at radius 3 is 2.74 bits per heavy atom. The number of benzene rings is 1. The second kappa shape index (κ2) is 5.74. The van der Waals surface area contributed by atoms with Crippen molar-refractivity contribution in [2.24, 2.45) is 5.73 Å². The predicted molar refractivity (Wildman–Crippen MR) is 77.8 cm³/mol. The third kappa shape index (κ3) is 2.81. The van der Waals surface area contributed by atoms with E-state index in [0.717, 1.165) is 19.3 Å². The van der Waals surface area contributed by atoms with Gasteiger partial charge in [0.2, 0.25) is 5.91 Å². The third-order valence-corrected chi connectivity index (χ3v) is 4.39. The number of nitrogens with one attached hydrogen (secondary N) is 1. The van der Waals surface area contributed by atoms with Crippen molar-refractivity contribution in [2.45, 2.75) is 57.5 Å². The first-order chi connectivity index (χ1) is 9.10. The number of hydrogen-bond acceptors (Lipinski definition) is 2. The van der Waals surface area contributed by atoms with Crippen LogP contribution < -0.4 is 11.1 Å². The van der Waals surface area contributed by atoms with Crippen molar-refractivity contribution in [1.29, 1.82) is 0 Å². The SMILES string of the molecule is CCC(N)(CC)C(=O)NC1CCCc2ccccc21. The average molecular weight is 260 g/mol. The maximum Gasteiger partial charge on any atom is 0.240 e. The van der Waals surface area contributed by atoms with Crippen LogP contribution in [0.2, 0.25) is 0 Å². The third-order valence-electron chi connectivity index (χ3n) is 4.39. The number of hydrogen-bond donors (Lipinski definition) is 2. The zero-order valence-electron chi connectivity index (χ0n) is 11.9. The Morgan fingerprint density at radius 1 is 1.37 bits per heavy atom. The lowest BCUT2D eigenvalue weighted by Crippen LogP contribution is -2.54. The highest BCUT2D eigenvalue weighted by atomic mass is 16.2. The number of fused-ring (bicyclic) bond motifs is 1. The van der Waals surface area contributed by atoms with Crippen LogP contribution in [0.15, 0.2) is 24.3 Å². The molecule has 0 bridgehead atoms. The van der Waals surface area contributed by atoms with E-state index in [9.17, 15) is 4.79 Å². The molecular weight excluding hydrogens is 236 g/mol. The minimum atomic E-state index is -0.730. The molecule has 0 aliphatic heterocycles. The molecule has 0 fully saturated rings. The van der Waals surface area contributed by atoms with Crippen molar-refractivity contribution in [2.75, 3.05) is 0 Å². The monoisotopic (exact) mass is 260 g/mol. The molecule has 2 rings (SSSR count). The average Bonchev–Trinajstić information content (AvgIpc) is 2.46. The number of carbonyl (C=O) groups is 1. The summed E-state index contributed by atoms with van der Waals surface area (Å²) in [6.45, 7) is 3.94. The number of rotatable bonds is 4. The van der Waals surface area contributed by atoms with Gasteiger partial charge >= 0.3 is 0 Å². The zero-order valence-corrected chi connectivity index (χ0v) is 11.9. The van der Waals surface area contributed by atoms with Gasteiger partial charge in [-0.1, -0.05) is 38.1 Å². The van der Waals surface area contributed by atoms with E-state index in [0.29, 0.717) is 12.8 Å².